The van der Waals surface area contributed by atoms with E-state index in [1.54, 1.807) is 0 Å². The van der Waals surface area contributed by atoms with Crippen LogP contribution in [0.4, 0.5) is 5.69 Å². The van der Waals surface area contributed by atoms with Gasteiger partial charge >= 0.3 is 0 Å². The molecule has 3 nitrogen and oxygen atoms in total. The van der Waals surface area contributed by atoms with Gasteiger partial charge < -0.3 is 15.2 Å². The van der Waals surface area contributed by atoms with E-state index < -0.39 is 0 Å². The van der Waals surface area contributed by atoms with E-state index in [-0.39, 0.29) is 5.41 Å². The first-order chi connectivity index (χ1) is 6.70. The lowest BCUT2D eigenvalue weighted by molar-refractivity contribution is -0.120. The summed E-state index contributed by atoms with van der Waals surface area (Å²) in [4.78, 5) is 0. The fourth-order valence-corrected chi connectivity index (χ4v) is 1.40. The Hall–Kier alpha value is -1.22. The molecule has 0 aromatic heterocycles. The monoisotopic (exact) mass is 193 g/mol. The third-order valence-electron chi connectivity index (χ3n) is 2.40. The molecule has 1 aliphatic heterocycles. The van der Waals surface area contributed by atoms with Crippen molar-refractivity contribution >= 4 is 5.69 Å². The summed E-state index contributed by atoms with van der Waals surface area (Å²) < 4.78 is 10.8. The van der Waals surface area contributed by atoms with Gasteiger partial charge in [-0.2, -0.15) is 0 Å². The molecule has 2 rings (SSSR count). The summed E-state index contributed by atoms with van der Waals surface area (Å²) in [7, 11) is 0. The van der Waals surface area contributed by atoms with Crippen molar-refractivity contribution in [3.8, 4) is 5.75 Å². The second kappa shape index (κ2) is 3.50. The molecule has 0 unspecified atom stereocenters. The average molecular weight is 193 g/mol. The molecule has 1 aromatic rings. The van der Waals surface area contributed by atoms with Gasteiger partial charge in [-0.25, -0.2) is 0 Å². The van der Waals surface area contributed by atoms with Crippen LogP contribution in [0.3, 0.4) is 0 Å². The zero-order chi connectivity index (χ0) is 10.0. The van der Waals surface area contributed by atoms with Crippen LogP contribution in [-0.2, 0) is 4.74 Å². The molecule has 1 saturated heterocycles. The minimum atomic E-state index is 0.169. The van der Waals surface area contributed by atoms with Gasteiger partial charge in [0.25, 0.3) is 0 Å². The number of rotatable bonds is 3. The molecule has 0 atom stereocenters. The van der Waals surface area contributed by atoms with Gasteiger partial charge in [-0.3, -0.25) is 0 Å². The number of hydrogen-bond donors (Lipinski definition) is 1. The zero-order valence-corrected chi connectivity index (χ0v) is 8.32. The summed E-state index contributed by atoms with van der Waals surface area (Å²) in [6.45, 7) is 4.37. The van der Waals surface area contributed by atoms with Crippen LogP contribution in [0.15, 0.2) is 24.3 Å². The number of hydrogen-bond acceptors (Lipinski definition) is 3. The predicted octanol–water partition coefficient (Wildman–Crippen LogP) is 1.68. The normalized spacial score (nSPS) is 18.6. The molecular weight excluding hydrogens is 178 g/mol. The van der Waals surface area contributed by atoms with E-state index in [0.717, 1.165) is 19.0 Å². The maximum atomic E-state index is 5.75. The quantitative estimate of drug-likeness (QED) is 0.743. The fraction of sp³-hybridized carbons (Fsp3) is 0.455. The first-order valence-corrected chi connectivity index (χ1v) is 4.75. The second-order valence-electron chi connectivity index (χ2n) is 4.13. The number of anilines is 1. The van der Waals surface area contributed by atoms with Crippen molar-refractivity contribution in [3.05, 3.63) is 24.3 Å². The Balaban J connectivity index is 1.95. The van der Waals surface area contributed by atoms with Crippen molar-refractivity contribution < 1.29 is 9.47 Å². The summed E-state index contributed by atoms with van der Waals surface area (Å²) >= 11 is 0. The smallest absolute Gasteiger partial charge is 0.142 e. The van der Waals surface area contributed by atoms with Gasteiger partial charge in [0.15, 0.2) is 0 Å². The van der Waals surface area contributed by atoms with Crippen molar-refractivity contribution in [2.24, 2.45) is 5.41 Å². The van der Waals surface area contributed by atoms with E-state index in [0.29, 0.717) is 12.3 Å². The average Bonchev–Trinajstić information content (AvgIpc) is 2.14. The number of para-hydroxylation sites is 2. The molecule has 76 valence electrons. The van der Waals surface area contributed by atoms with Crippen molar-refractivity contribution in [1.82, 2.24) is 0 Å². The molecule has 14 heavy (non-hydrogen) atoms. The second-order valence-corrected chi connectivity index (χ2v) is 4.13. The van der Waals surface area contributed by atoms with Crippen LogP contribution in [0.2, 0.25) is 0 Å². The highest BCUT2D eigenvalue weighted by Gasteiger charge is 2.34. The number of benzene rings is 1. The molecule has 0 bridgehead atoms. The lowest BCUT2D eigenvalue weighted by Crippen LogP contribution is -2.44. The summed E-state index contributed by atoms with van der Waals surface area (Å²) in [6, 6.07) is 7.55. The van der Waals surface area contributed by atoms with Crippen LogP contribution in [0.25, 0.3) is 0 Å². The number of ether oxygens (including phenoxy) is 2. The largest absolute Gasteiger partial charge is 0.491 e. The molecule has 3 heteroatoms. The van der Waals surface area contributed by atoms with Crippen molar-refractivity contribution in [1.29, 1.82) is 0 Å². The van der Waals surface area contributed by atoms with Gasteiger partial charge in [0.05, 0.1) is 25.5 Å². The Kier molecular flexibility index (Phi) is 2.33. The first kappa shape index (κ1) is 9.34. The highest BCUT2D eigenvalue weighted by molar-refractivity contribution is 5.51. The lowest BCUT2D eigenvalue weighted by Gasteiger charge is -2.37. The third kappa shape index (κ3) is 1.82. The maximum absolute atomic E-state index is 5.75. The number of nitrogen functional groups attached to an aromatic ring is 1. The molecule has 0 radical (unpaired) electrons. The van der Waals surface area contributed by atoms with E-state index in [1.807, 2.05) is 24.3 Å². The first-order valence-electron chi connectivity index (χ1n) is 4.75. The minimum Gasteiger partial charge on any atom is -0.491 e. The standard InChI is InChI=1S/C11H15NO2/c1-11(6-13-7-11)8-14-10-5-3-2-4-9(10)12/h2-5H,6-8,12H2,1H3. The molecule has 0 aliphatic carbocycles. The van der Waals surface area contributed by atoms with Crippen LogP contribution in [-0.4, -0.2) is 19.8 Å². The number of nitrogens with two attached hydrogens (primary N) is 1. The predicted molar refractivity (Wildman–Crippen MR) is 55.3 cm³/mol. The molecule has 1 aliphatic rings. The fourth-order valence-electron chi connectivity index (χ4n) is 1.40. The minimum absolute atomic E-state index is 0.169. The molecular formula is C11H15NO2. The third-order valence-corrected chi connectivity index (χ3v) is 2.40. The van der Waals surface area contributed by atoms with E-state index in [2.05, 4.69) is 6.92 Å². The van der Waals surface area contributed by atoms with Crippen LogP contribution in [0.1, 0.15) is 6.92 Å². The van der Waals surface area contributed by atoms with Crippen molar-refractivity contribution in [2.75, 3.05) is 25.6 Å². The summed E-state index contributed by atoms with van der Waals surface area (Å²) in [5.74, 6) is 0.764. The highest BCUT2D eigenvalue weighted by Crippen LogP contribution is 2.29. The van der Waals surface area contributed by atoms with Gasteiger partial charge in [-0.05, 0) is 12.1 Å². The van der Waals surface area contributed by atoms with Crippen LogP contribution >= 0.6 is 0 Å². The zero-order valence-electron chi connectivity index (χ0n) is 8.32. The van der Waals surface area contributed by atoms with Gasteiger partial charge in [-0.1, -0.05) is 19.1 Å². The molecule has 0 spiro atoms. The van der Waals surface area contributed by atoms with Crippen molar-refractivity contribution in [2.45, 2.75) is 6.92 Å². The summed E-state index contributed by atoms with van der Waals surface area (Å²) in [6.07, 6.45) is 0. The van der Waals surface area contributed by atoms with Crippen molar-refractivity contribution in [3.63, 3.8) is 0 Å². The summed E-state index contributed by atoms with van der Waals surface area (Å²) in [5.41, 5.74) is 6.61. The Labute approximate surface area is 83.8 Å². The highest BCUT2D eigenvalue weighted by atomic mass is 16.5. The Morgan fingerprint density at radius 3 is 2.71 bits per heavy atom. The van der Waals surface area contributed by atoms with Gasteiger partial charge in [0, 0.05) is 5.41 Å². The molecule has 2 N–H and O–H groups in total. The molecule has 1 fully saturated rings. The topological polar surface area (TPSA) is 44.5 Å². The lowest BCUT2D eigenvalue weighted by atomic mass is 9.90. The Morgan fingerprint density at radius 1 is 1.43 bits per heavy atom. The molecule has 1 heterocycles. The SMILES string of the molecule is CC1(COc2ccccc2N)COC1. The van der Waals surface area contributed by atoms with Crippen LogP contribution < -0.4 is 10.5 Å². The Bertz CT molecular complexity index is 321. The van der Waals surface area contributed by atoms with Gasteiger partial charge in [0.1, 0.15) is 5.75 Å². The summed E-state index contributed by atoms with van der Waals surface area (Å²) in [5, 5.41) is 0. The van der Waals surface area contributed by atoms with Gasteiger partial charge in [-0.15, -0.1) is 0 Å². The van der Waals surface area contributed by atoms with E-state index in [9.17, 15) is 0 Å². The van der Waals surface area contributed by atoms with E-state index in [1.165, 1.54) is 0 Å². The maximum Gasteiger partial charge on any atom is 0.142 e. The molecule has 1 aromatic carbocycles. The van der Waals surface area contributed by atoms with Crippen LogP contribution in [0, 0.1) is 5.41 Å². The molecule has 0 saturated carbocycles. The Morgan fingerprint density at radius 2 is 2.14 bits per heavy atom. The molecule has 0 amide bonds. The van der Waals surface area contributed by atoms with E-state index in [4.69, 9.17) is 15.2 Å². The van der Waals surface area contributed by atoms with Gasteiger partial charge in [0.2, 0.25) is 0 Å². The van der Waals surface area contributed by atoms with E-state index >= 15 is 0 Å². The van der Waals surface area contributed by atoms with Crippen LogP contribution in [0.5, 0.6) is 5.75 Å².